The van der Waals surface area contributed by atoms with Crippen molar-refractivity contribution in [2.24, 2.45) is 0 Å². The van der Waals surface area contributed by atoms with Gasteiger partial charge in [0.25, 0.3) is 0 Å². The highest BCUT2D eigenvalue weighted by Crippen LogP contribution is 2.51. The molecule has 6 unspecified atom stereocenters. The zero-order chi connectivity index (χ0) is 11.7. The molecule has 4 fully saturated rings. The second-order valence-electron chi connectivity index (χ2n) is 6.78. The highest BCUT2D eigenvalue weighted by Gasteiger charge is 2.58. The molecule has 0 radical (unpaired) electrons. The van der Waals surface area contributed by atoms with E-state index < -0.39 is 0 Å². The summed E-state index contributed by atoms with van der Waals surface area (Å²) in [6.45, 7) is 4.46. The Morgan fingerprint density at radius 2 is 1.29 bits per heavy atom. The molecule has 2 saturated carbocycles. The summed E-state index contributed by atoms with van der Waals surface area (Å²) in [7, 11) is 0. The lowest BCUT2D eigenvalue weighted by Crippen LogP contribution is -2.35. The first-order valence-electron chi connectivity index (χ1n) is 7.09. The molecule has 2 aliphatic heterocycles. The Kier molecular flexibility index (Phi) is 2.06. The number of ether oxygens (including phenoxy) is 3. The van der Waals surface area contributed by atoms with E-state index in [0.29, 0.717) is 24.4 Å². The van der Waals surface area contributed by atoms with E-state index in [4.69, 9.17) is 14.2 Å². The summed E-state index contributed by atoms with van der Waals surface area (Å²) in [5, 5.41) is 0. The molecule has 3 nitrogen and oxygen atoms in total. The summed E-state index contributed by atoms with van der Waals surface area (Å²) in [5.41, 5.74) is 0.306. The van der Waals surface area contributed by atoms with Gasteiger partial charge in [0.1, 0.15) is 0 Å². The normalized spacial score (nSPS) is 60.4. The molecule has 6 atom stereocenters. The van der Waals surface area contributed by atoms with Crippen LogP contribution in [0.25, 0.3) is 0 Å². The zero-order valence-corrected chi connectivity index (χ0v) is 10.8. The highest BCUT2D eigenvalue weighted by atomic mass is 16.6. The van der Waals surface area contributed by atoms with Crippen LogP contribution in [-0.4, -0.2) is 35.6 Å². The maximum atomic E-state index is 6.30. The summed E-state index contributed by atoms with van der Waals surface area (Å²) in [5.74, 6) is 0. The molecule has 2 saturated heterocycles. The first kappa shape index (κ1) is 10.8. The lowest BCUT2D eigenvalue weighted by molar-refractivity contribution is -0.0510. The quantitative estimate of drug-likeness (QED) is 0.693. The monoisotopic (exact) mass is 238 g/mol. The van der Waals surface area contributed by atoms with Crippen LogP contribution in [0.2, 0.25) is 0 Å². The van der Waals surface area contributed by atoms with Crippen LogP contribution < -0.4 is 0 Å². The molecule has 0 aromatic rings. The first-order chi connectivity index (χ1) is 8.07. The van der Waals surface area contributed by atoms with Crippen molar-refractivity contribution in [3.05, 3.63) is 0 Å². The number of hydrogen-bond acceptors (Lipinski definition) is 3. The fourth-order valence-corrected chi connectivity index (χ4v) is 3.96. The predicted molar refractivity (Wildman–Crippen MR) is 62.9 cm³/mol. The molecule has 0 N–H and O–H groups in total. The van der Waals surface area contributed by atoms with Crippen molar-refractivity contribution in [3.8, 4) is 0 Å². The Labute approximate surface area is 103 Å². The van der Waals surface area contributed by atoms with E-state index in [2.05, 4.69) is 13.8 Å². The molecule has 3 heteroatoms. The Bertz CT molecular complexity index is 312. The van der Waals surface area contributed by atoms with Crippen molar-refractivity contribution in [2.75, 3.05) is 0 Å². The molecule has 0 bridgehead atoms. The number of hydrogen-bond donors (Lipinski definition) is 0. The number of fused-ring (bicyclic) bond motifs is 2. The van der Waals surface area contributed by atoms with Gasteiger partial charge in [0.05, 0.1) is 35.6 Å². The van der Waals surface area contributed by atoms with Gasteiger partial charge in [0.2, 0.25) is 0 Å². The molecule has 96 valence electrons. The minimum Gasteiger partial charge on any atom is -0.375 e. The number of rotatable bonds is 2. The van der Waals surface area contributed by atoms with Crippen LogP contribution in [0.5, 0.6) is 0 Å². The van der Waals surface area contributed by atoms with Gasteiger partial charge < -0.3 is 14.2 Å². The maximum Gasteiger partial charge on any atom is 0.0945 e. The van der Waals surface area contributed by atoms with E-state index in [0.717, 1.165) is 12.8 Å². The predicted octanol–water partition coefficient (Wildman–Crippen LogP) is 2.42. The van der Waals surface area contributed by atoms with Crippen LogP contribution in [0.15, 0.2) is 0 Å². The summed E-state index contributed by atoms with van der Waals surface area (Å²) >= 11 is 0. The Morgan fingerprint density at radius 1 is 0.824 bits per heavy atom. The van der Waals surface area contributed by atoms with E-state index in [1.807, 2.05) is 0 Å². The van der Waals surface area contributed by atoms with E-state index in [1.54, 1.807) is 0 Å². The summed E-state index contributed by atoms with van der Waals surface area (Å²) < 4.78 is 17.8. The molecule has 0 amide bonds. The smallest absolute Gasteiger partial charge is 0.0945 e. The topological polar surface area (TPSA) is 34.3 Å². The van der Waals surface area contributed by atoms with Crippen LogP contribution in [0, 0.1) is 0 Å². The Hall–Kier alpha value is -0.120. The molecule has 2 heterocycles. The zero-order valence-electron chi connectivity index (χ0n) is 10.8. The SMILES string of the molecule is CC12CC(OC3CCC4OC4(C)C3)CCC1O2. The van der Waals surface area contributed by atoms with Gasteiger partial charge in [0, 0.05) is 12.8 Å². The van der Waals surface area contributed by atoms with E-state index >= 15 is 0 Å². The lowest BCUT2D eigenvalue weighted by atomic mass is 9.86. The third-order valence-electron chi connectivity index (χ3n) is 5.22. The van der Waals surface area contributed by atoms with Gasteiger partial charge in [-0.2, -0.15) is 0 Å². The van der Waals surface area contributed by atoms with Crippen molar-refractivity contribution in [2.45, 2.75) is 88.0 Å². The largest absolute Gasteiger partial charge is 0.375 e. The van der Waals surface area contributed by atoms with Crippen molar-refractivity contribution >= 4 is 0 Å². The first-order valence-corrected chi connectivity index (χ1v) is 7.09. The van der Waals surface area contributed by atoms with Crippen molar-refractivity contribution in [1.82, 2.24) is 0 Å². The molecule has 0 aromatic carbocycles. The van der Waals surface area contributed by atoms with Gasteiger partial charge in [-0.15, -0.1) is 0 Å². The molecule has 4 rings (SSSR count). The third-order valence-corrected chi connectivity index (χ3v) is 5.22. The van der Waals surface area contributed by atoms with Crippen LogP contribution >= 0.6 is 0 Å². The lowest BCUT2D eigenvalue weighted by Gasteiger charge is -2.31. The van der Waals surface area contributed by atoms with E-state index in [1.165, 1.54) is 25.7 Å². The van der Waals surface area contributed by atoms with Crippen LogP contribution in [-0.2, 0) is 14.2 Å². The molecule has 4 aliphatic rings. The Morgan fingerprint density at radius 3 is 1.71 bits per heavy atom. The highest BCUT2D eigenvalue weighted by molar-refractivity contribution is 5.06. The van der Waals surface area contributed by atoms with Gasteiger partial charge in [-0.05, 0) is 39.5 Å². The van der Waals surface area contributed by atoms with E-state index in [-0.39, 0.29) is 11.2 Å². The fourth-order valence-electron chi connectivity index (χ4n) is 3.96. The van der Waals surface area contributed by atoms with Gasteiger partial charge in [0.15, 0.2) is 0 Å². The molecular formula is C14H22O3. The summed E-state index contributed by atoms with van der Waals surface area (Å²) in [6.07, 6.45) is 8.81. The average Bonchev–Trinajstić information content (AvgIpc) is 3.10. The number of epoxide rings is 2. The molecular weight excluding hydrogens is 216 g/mol. The van der Waals surface area contributed by atoms with Crippen LogP contribution in [0.3, 0.4) is 0 Å². The summed E-state index contributed by atoms with van der Waals surface area (Å²) in [4.78, 5) is 0. The van der Waals surface area contributed by atoms with Gasteiger partial charge in [-0.1, -0.05) is 0 Å². The maximum absolute atomic E-state index is 6.30. The van der Waals surface area contributed by atoms with Crippen molar-refractivity contribution in [1.29, 1.82) is 0 Å². The average molecular weight is 238 g/mol. The van der Waals surface area contributed by atoms with Crippen molar-refractivity contribution in [3.63, 3.8) is 0 Å². The molecule has 0 aromatic heterocycles. The minimum atomic E-state index is 0.153. The second kappa shape index (κ2) is 3.25. The summed E-state index contributed by atoms with van der Waals surface area (Å²) in [6, 6.07) is 0. The molecule has 0 spiro atoms. The van der Waals surface area contributed by atoms with Gasteiger partial charge in [-0.3, -0.25) is 0 Å². The van der Waals surface area contributed by atoms with E-state index in [9.17, 15) is 0 Å². The third kappa shape index (κ3) is 1.74. The second-order valence-corrected chi connectivity index (χ2v) is 6.78. The Balaban J connectivity index is 1.35. The van der Waals surface area contributed by atoms with Crippen molar-refractivity contribution < 1.29 is 14.2 Å². The van der Waals surface area contributed by atoms with Crippen LogP contribution in [0.4, 0.5) is 0 Å². The standard InChI is InChI=1S/C14H22O3/c1-13-7-9(3-5-11(13)16-13)15-10-4-6-12-14(2,8-10)17-12/h9-12H,3-8H2,1-2H3. The molecule has 17 heavy (non-hydrogen) atoms. The molecule has 2 aliphatic carbocycles. The fraction of sp³-hybridized carbons (Fsp3) is 1.00. The van der Waals surface area contributed by atoms with Gasteiger partial charge >= 0.3 is 0 Å². The van der Waals surface area contributed by atoms with Gasteiger partial charge in [-0.25, -0.2) is 0 Å². The van der Waals surface area contributed by atoms with Crippen LogP contribution in [0.1, 0.15) is 52.4 Å². The minimum absolute atomic E-state index is 0.153.